The number of unbranched alkanes of at least 4 members (excludes halogenated alkanes) is 3. The molecular formula is C19H26O. The molecule has 0 N–H and O–H groups in total. The molecule has 1 nitrogen and oxygen atoms in total. The molecule has 108 valence electrons. The highest BCUT2D eigenvalue weighted by Gasteiger charge is 2.02. The van der Waals surface area contributed by atoms with Crippen LogP contribution in [0.15, 0.2) is 36.4 Å². The molecule has 0 radical (unpaired) electrons. The predicted molar refractivity (Wildman–Crippen MR) is 87.6 cm³/mol. The van der Waals surface area contributed by atoms with Gasteiger partial charge in [0.2, 0.25) is 0 Å². The summed E-state index contributed by atoms with van der Waals surface area (Å²) in [5, 5.41) is 2.66. The van der Waals surface area contributed by atoms with Crippen molar-refractivity contribution in [3.8, 4) is 5.75 Å². The summed E-state index contributed by atoms with van der Waals surface area (Å²) in [5.74, 6) is 1.01. The fourth-order valence-corrected chi connectivity index (χ4v) is 2.61. The molecule has 0 aliphatic rings. The molecule has 0 spiro atoms. The predicted octanol–water partition coefficient (Wildman–Crippen LogP) is 5.75. The topological polar surface area (TPSA) is 9.23 Å². The molecule has 1 heteroatoms. The number of aryl methyl sites for hydroxylation is 1. The molecule has 2 rings (SSSR count). The molecule has 2 aromatic rings. The Kier molecular flexibility index (Phi) is 5.91. The van der Waals surface area contributed by atoms with Gasteiger partial charge in [-0.3, -0.25) is 0 Å². The van der Waals surface area contributed by atoms with E-state index in [4.69, 9.17) is 4.74 Å². The molecule has 0 saturated carbocycles. The van der Waals surface area contributed by atoms with E-state index in [2.05, 4.69) is 50.2 Å². The van der Waals surface area contributed by atoms with Crippen LogP contribution < -0.4 is 4.74 Å². The summed E-state index contributed by atoms with van der Waals surface area (Å²) >= 11 is 0. The van der Waals surface area contributed by atoms with E-state index in [1.807, 2.05) is 0 Å². The van der Waals surface area contributed by atoms with Crippen LogP contribution in [0.4, 0.5) is 0 Å². The third-order valence-electron chi connectivity index (χ3n) is 3.73. The monoisotopic (exact) mass is 270 g/mol. The molecule has 0 heterocycles. The fourth-order valence-electron chi connectivity index (χ4n) is 2.61. The van der Waals surface area contributed by atoms with Crippen LogP contribution in [0.25, 0.3) is 10.8 Å². The average molecular weight is 270 g/mol. The quantitative estimate of drug-likeness (QED) is 0.555. The third-order valence-corrected chi connectivity index (χ3v) is 3.73. The Labute approximate surface area is 123 Å². The highest BCUT2D eigenvalue weighted by atomic mass is 16.5. The Bertz CT molecular complexity index is 530. The van der Waals surface area contributed by atoms with E-state index < -0.39 is 0 Å². The first-order valence-electron chi connectivity index (χ1n) is 7.99. The normalized spacial score (nSPS) is 10.9. The summed E-state index contributed by atoms with van der Waals surface area (Å²) in [4.78, 5) is 0. The molecule has 0 bridgehead atoms. The lowest BCUT2D eigenvalue weighted by atomic mass is 10.0. The van der Waals surface area contributed by atoms with Crippen molar-refractivity contribution in [1.82, 2.24) is 0 Å². The summed E-state index contributed by atoms with van der Waals surface area (Å²) in [6.45, 7) is 5.30. The first kappa shape index (κ1) is 14.9. The number of rotatable bonds is 8. The third kappa shape index (κ3) is 4.00. The van der Waals surface area contributed by atoms with Crippen LogP contribution in [-0.2, 0) is 6.42 Å². The second-order valence-electron chi connectivity index (χ2n) is 5.46. The van der Waals surface area contributed by atoms with Gasteiger partial charge in [-0.15, -0.1) is 0 Å². The number of hydrogen-bond donors (Lipinski definition) is 0. The zero-order valence-electron chi connectivity index (χ0n) is 12.8. The standard InChI is InChI=1S/C19H26O/c1-3-5-6-7-14-20-18-13-12-17-11-8-10-16(9-4-2)19(17)15-18/h8,10-13,15H,3-7,9,14H2,1-2H3. The zero-order valence-corrected chi connectivity index (χ0v) is 12.8. The van der Waals surface area contributed by atoms with Gasteiger partial charge in [0.1, 0.15) is 5.75 Å². The van der Waals surface area contributed by atoms with Crippen molar-refractivity contribution in [3.63, 3.8) is 0 Å². The number of hydrogen-bond acceptors (Lipinski definition) is 1. The van der Waals surface area contributed by atoms with Crippen molar-refractivity contribution < 1.29 is 4.74 Å². The van der Waals surface area contributed by atoms with Crippen LogP contribution in [-0.4, -0.2) is 6.61 Å². The molecule has 0 unspecified atom stereocenters. The lowest BCUT2D eigenvalue weighted by Gasteiger charge is -2.10. The minimum Gasteiger partial charge on any atom is -0.494 e. The maximum atomic E-state index is 5.89. The van der Waals surface area contributed by atoms with Gasteiger partial charge in [-0.1, -0.05) is 63.8 Å². The van der Waals surface area contributed by atoms with Gasteiger partial charge in [0, 0.05) is 0 Å². The van der Waals surface area contributed by atoms with Crippen molar-refractivity contribution in [1.29, 1.82) is 0 Å². The Balaban J connectivity index is 2.05. The Hall–Kier alpha value is -1.50. The summed E-state index contributed by atoms with van der Waals surface area (Å²) in [7, 11) is 0. The first-order chi connectivity index (χ1) is 9.85. The largest absolute Gasteiger partial charge is 0.494 e. The minimum atomic E-state index is 0.835. The van der Waals surface area contributed by atoms with E-state index in [0.29, 0.717) is 0 Å². The molecule has 0 saturated heterocycles. The van der Waals surface area contributed by atoms with Crippen molar-refractivity contribution in [3.05, 3.63) is 42.0 Å². The van der Waals surface area contributed by atoms with Crippen LogP contribution in [0.2, 0.25) is 0 Å². The second-order valence-corrected chi connectivity index (χ2v) is 5.46. The fraction of sp³-hybridized carbons (Fsp3) is 0.474. The second kappa shape index (κ2) is 7.94. The van der Waals surface area contributed by atoms with E-state index in [9.17, 15) is 0 Å². The van der Waals surface area contributed by atoms with Crippen molar-refractivity contribution in [2.45, 2.75) is 52.4 Å². The van der Waals surface area contributed by atoms with E-state index in [-0.39, 0.29) is 0 Å². The van der Waals surface area contributed by atoms with E-state index >= 15 is 0 Å². The Morgan fingerprint density at radius 1 is 0.900 bits per heavy atom. The van der Waals surface area contributed by atoms with Crippen LogP contribution >= 0.6 is 0 Å². The number of ether oxygens (including phenoxy) is 1. The smallest absolute Gasteiger partial charge is 0.119 e. The van der Waals surface area contributed by atoms with Crippen molar-refractivity contribution in [2.24, 2.45) is 0 Å². The highest BCUT2D eigenvalue weighted by molar-refractivity contribution is 5.87. The van der Waals surface area contributed by atoms with E-state index in [0.717, 1.165) is 25.2 Å². The molecule has 0 aliphatic carbocycles. The summed E-state index contributed by atoms with van der Waals surface area (Å²) in [5.41, 5.74) is 1.43. The molecule has 20 heavy (non-hydrogen) atoms. The first-order valence-corrected chi connectivity index (χ1v) is 7.99. The van der Waals surface area contributed by atoms with Gasteiger partial charge >= 0.3 is 0 Å². The van der Waals surface area contributed by atoms with Gasteiger partial charge in [-0.2, -0.15) is 0 Å². The van der Waals surface area contributed by atoms with Crippen molar-refractivity contribution >= 4 is 10.8 Å². The Morgan fingerprint density at radius 3 is 2.60 bits per heavy atom. The van der Waals surface area contributed by atoms with Crippen LogP contribution in [0.3, 0.4) is 0 Å². The molecule has 0 aromatic heterocycles. The summed E-state index contributed by atoms with van der Waals surface area (Å²) < 4.78 is 5.89. The number of benzene rings is 2. The maximum Gasteiger partial charge on any atom is 0.119 e. The summed E-state index contributed by atoms with van der Waals surface area (Å²) in [6.07, 6.45) is 7.32. The van der Waals surface area contributed by atoms with Gasteiger partial charge in [0.25, 0.3) is 0 Å². The van der Waals surface area contributed by atoms with Gasteiger partial charge < -0.3 is 4.74 Å². The molecule has 0 atom stereocenters. The van der Waals surface area contributed by atoms with Gasteiger partial charge in [0.15, 0.2) is 0 Å². The van der Waals surface area contributed by atoms with E-state index in [1.165, 1.54) is 42.0 Å². The van der Waals surface area contributed by atoms with Crippen LogP contribution in [0.1, 0.15) is 51.5 Å². The minimum absolute atomic E-state index is 0.835. The van der Waals surface area contributed by atoms with Crippen LogP contribution in [0.5, 0.6) is 5.75 Å². The molecule has 0 amide bonds. The molecule has 2 aromatic carbocycles. The lowest BCUT2D eigenvalue weighted by Crippen LogP contribution is -1.97. The van der Waals surface area contributed by atoms with Crippen molar-refractivity contribution in [2.75, 3.05) is 6.61 Å². The van der Waals surface area contributed by atoms with Gasteiger partial charge in [-0.05, 0) is 41.3 Å². The van der Waals surface area contributed by atoms with E-state index in [1.54, 1.807) is 0 Å². The molecule has 0 aliphatic heterocycles. The average Bonchev–Trinajstić information content (AvgIpc) is 2.48. The molecular weight excluding hydrogens is 244 g/mol. The zero-order chi connectivity index (χ0) is 14.2. The Morgan fingerprint density at radius 2 is 1.80 bits per heavy atom. The summed E-state index contributed by atoms with van der Waals surface area (Å²) in [6, 6.07) is 13.0. The highest BCUT2D eigenvalue weighted by Crippen LogP contribution is 2.25. The molecule has 0 fully saturated rings. The van der Waals surface area contributed by atoms with Gasteiger partial charge in [0.05, 0.1) is 6.61 Å². The van der Waals surface area contributed by atoms with Gasteiger partial charge in [-0.25, -0.2) is 0 Å². The lowest BCUT2D eigenvalue weighted by molar-refractivity contribution is 0.305. The maximum absolute atomic E-state index is 5.89. The SMILES string of the molecule is CCCCCCOc1ccc2cccc(CCC)c2c1. The number of fused-ring (bicyclic) bond motifs is 1. The van der Waals surface area contributed by atoms with Crippen LogP contribution in [0, 0.1) is 0 Å².